The highest BCUT2D eigenvalue weighted by Gasteiger charge is 2.19. The van der Waals surface area contributed by atoms with Crippen LogP contribution in [0.3, 0.4) is 0 Å². The van der Waals surface area contributed by atoms with Crippen LogP contribution in [-0.4, -0.2) is 39.6 Å². The van der Waals surface area contributed by atoms with Crippen molar-refractivity contribution < 1.29 is 4.79 Å². The van der Waals surface area contributed by atoms with Gasteiger partial charge in [-0.2, -0.15) is 5.10 Å². The Hall–Kier alpha value is -1.66. The van der Waals surface area contributed by atoms with Crippen LogP contribution in [0, 0.1) is 13.8 Å². The molecule has 0 aliphatic carbocycles. The van der Waals surface area contributed by atoms with Crippen molar-refractivity contribution >= 4 is 24.0 Å². The van der Waals surface area contributed by atoms with Gasteiger partial charge in [0.1, 0.15) is 0 Å². The van der Waals surface area contributed by atoms with Crippen molar-refractivity contribution in [3.05, 3.63) is 29.2 Å². The zero-order valence-electron chi connectivity index (χ0n) is 12.2. The van der Waals surface area contributed by atoms with Gasteiger partial charge in [-0.1, -0.05) is 0 Å². The molecule has 2 N–H and O–H groups in total. The number of carbonyl (C=O) groups excluding carboxylic acids is 1. The molecule has 1 atom stereocenters. The van der Waals surface area contributed by atoms with E-state index in [2.05, 4.69) is 20.7 Å². The molecule has 1 aliphatic heterocycles. The molecule has 0 bridgehead atoms. The zero-order chi connectivity index (χ0) is 14.1. The lowest BCUT2D eigenvalue weighted by Gasteiger charge is -2.24. The number of rotatable bonds is 2. The van der Waals surface area contributed by atoms with Crippen molar-refractivity contribution in [2.45, 2.75) is 32.7 Å². The van der Waals surface area contributed by atoms with Gasteiger partial charge in [-0.3, -0.25) is 4.79 Å². The largest absolute Gasteiger partial charge is 0.348 e. The molecule has 1 aliphatic rings. The second-order valence-electron chi connectivity index (χ2n) is 5.33. The van der Waals surface area contributed by atoms with E-state index in [1.165, 1.54) is 0 Å². The summed E-state index contributed by atoms with van der Waals surface area (Å²) in [6.45, 7) is 5.68. The van der Waals surface area contributed by atoms with Crippen LogP contribution in [-0.2, 0) is 0 Å². The van der Waals surface area contributed by atoms with Crippen molar-refractivity contribution in [3.63, 3.8) is 0 Å². The van der Waals surface area contributed by atoms with Crippen molar-refractivity contribution in [1.29, 1.82) is 0 Å². The van der Waals surface area contributed by atoms with Crippen molar-refractivity contribution in [2.75, 3.05) is 13.1 Å². The van der Waals surface area contributed by atoms with E-state index >= 15 is 0 Å². The number of aromatic nitrogens is 3. The molecule has 0 saturated carbocycles. The topological polar surface area (TPSA) is 71.3 Å². The molecule has 1 fully saturated rings. The van der Waals surface area contributed by atoms with Gasteiger partial charge in [-0.15, -0.1) is 12.4 Å². The monoisotopic (exact) mass is 309 g/mol. The smallest absolute Gasteiger partial charge is 0.254 e. The summed E-state index contributed by atoms with van der Waals surface area (Å²) < 4.78 is 1.73. The van der Waals surface area contributed by atoms with Gasteiger partial charge in [-0.25, -0.2) is 9.50 Å². The van der Waals surface area contributed by atoms with E-state index in [0.29, 0.717) is 5.56 Å². The number of carbonyl (C=O) groups is 1. The maximum absolute atomic E-state index is 12.4. The molecule has 1 amide bonds. The summed E-state index contributed by atoms with van der Waals surface area (Å²) in [5.74, 6) is -0.0706. The van der Waals surface area contributed by atoms with E-state index in [0.717, 1.165) is 43.0 Å². The Morgan fingerprint density at radius 2 is 2.29 bits per heavy atom. The van der Waals surface area contributed by atoms with Gasteiger partial charge in [0.05, 0.1) is 17.0 Å². The van der Waals surface area contributed by atoms with Crippen LogP contribution in [0.5, 0.6) is 0 Å². The van der Waals surface area contributed by atoms with Gasteiger partial charge >= 0.3 is 0 Å². The van der Waals surface area contributed by atoms with E-state index in [4.69, 9.17) is 0 Å². The van der Waals surface area contributed by atoms with Gasteiger partial charge in [0.25, 0.3) is 5.91 Å². The SMILES string of the molecule is Cc1cc2ncc(C(=O)N[C@H]3CCCNC3)c(C)n2n1.Cl. The minimum absolute atomic E-state index is 0. The van der Waals surface area contributed by atoms with Crippen LogP contribution in [0.1, 0.15) is 34.6 Å². The summed E-state index contributed by atoms with van der Waals surface area (Å²) >= 11 is 0. The predicted molar refractivity (Wildman–Crippen MR) is 83.1 cm³/mol. The number of hydrogen-bond acceptors (Lipinski definition) is 4. The molecule has 6 nitrogen and oxygen atoms in total. The second kappa shape index (κ2) is 6.41. The molecule has 0 aromatic carbocycles. The molecule has 2 aromatic rings. The summed E-state index contributed by atoms with van der Waals surface area (Å²) in [5.41, 5.74) is 3.08. The Labute approximate surface area is 129 Å². The molecule has 21 heavy (non-hydrogen) atoms. The van der Waals surface area contributed by atoms with Gasteiger partial charge in [0.2, 0.25) is 0 Å². The fourth-order valence-corrected chi connectivity index (χ4v) is 2.62. The molecule has 0 unspecified atom stereocenters. The molecular weight excluding hydrogens is 290 g/mol. The first kappa shape index (κ1) is 15.7. The summed E-state index contributed by atoms with van der Waals surface area (Å²) in [5, 5.41) is 10.7. The Bertz CT molecular complexity index is 648. The summed E-state index contributed by atoms with van der Waals surface area (Å²) in [6, 6.07) is 2.10. The number of amides is 1. The van der Waals surface area contributed by atoms with Crippen LogP contribution >= 0.6 is 12.4 Å². The average molecular weight is 310 g/mol. The van der Waals surface area contributed by atoms with Crippen LogP contribution in [0.25, 0.3) is 5.65 Å². The summed E-state index contributed by atoms with van der Waals surface area (Å²) in [7, 11) is 0. The molecule has 0 spiro atoms. The Morgan fingerprint density at radius 3 is 3.00 bits per heavy atom. The number of nitrogens with zero attached hydrogens (tertiary/aromatic N) is 3. The van der Waals surface area contributed by atoms with Crippen LogP contribution in [0.4, 0.5) is 0 Å². The average Bonchev–Trinajstić information content (AvgIpc) is 2.82. The number of piperidine rings is 1. The van der Waals surface area contributed by atoms with E-state index in [1.807, 2.05) is 19.9 Å². The maximum Gasteiger partial charge on any atom is 0.254 e. The van der Waals surface area contributed by atoms with E-state index < -0.39 is 0 Å². The van der Waals surface area contributed by atoms with Crippen molar-refractivity contribution in [1.82, 2.24) is 25.2 Å². The highest BCUT2D eigenvalue weighted by molar-refractivity contribution is 5.95. The molecule has 114 valence electrons. The lowest BCUT2D eigenvalue weighted by molar-refractivity contribution is 0.0929. The fraction of sp³-hybridized carbons (Fsp3) is 0.500. The normalized spacial score (nSPS) is 18.3. The highest BCUT2D eigenvalue weighted by atomic mass is 35.5. The third-order valence-electron chi connectivity index (χ3n) is 3.72. The zero-order valence-corrected chi connectivity index (χ0v) is 13.0. The number of hydrogen-bond donors (Lipinski definition) is 2. The molecule has 1 saturated heterocycles. The van der Waals surface area contributed by atoms with Crippen LogP contribution < -0.4 is 10.6 Å². The number of aryl methyl sites for hydroxylation is 2. The molecular formula is C14H20ClN5O. The first-order chi connectivity index (χ1) is 9.65. The van der Waals surface area contributed by atoms with Crippen LogP contribution in [0.2, 0.25) is 0 Å². The third-order valence-corrected chi connectivity index (χ3v) is 3.72. The minimum Gasteiger partial charge on any atom is -0.348 e. The summed E-state index contributed by atoms with van der Waals surface area (Å²) in [6.07, 6.45) is 3.76. The Morgan fingerprint density at radius 1 is 1.48 bits per heavy atom. The number of fused-ring (bicyclic) bond motifs is 1. The van der Waals surface area contributed by atoms with Gasteiger partial charge in [0, 0.05) is 24.8 Å². The van der Waals surface area contributed by atoms with Gasteiger partial charge in [-0.05, 0) is 33.2 Å². The van der Waals surface area contributed by atoms with E-state index in [-0.39, 0.29) is 24.4 Å². The Balaban J connectivity index is 0.00000161. The molecule has 0 radical (unpaired) electrons. The van der Waals surface area contributed by atoms with E-state index in [1.54, 1.807) is 10.7 Å². The van der Waals surface area contributed by atoms with E-state index in [9.17, 15) is 4.79 Å². The predicted octanol–water partition coefficient (Wildman–Crippen LogP) is 1.25. The molecule has 7 heteroatoms. The number of nitrogens with one attached hydrogen (secondary N) is 2. The lowest BCUT2D eigenvalue weighted by atomic mass is 10.1. The number of halogens is 1. The van der Waals surface area contributed by atoms with Crippen LogP contribution in [0.15, 0.2) is 12.3 Å². The van der Waals surface area contributed by atoms with Crippen molar-refractivity contribution in [3.8, 4) is 0 Å². The maximum atomic E-state index is 12.4. The standard InChI is InChI=1S/C14H19N5O.ClH/c1-9-6-13-16-8-12(10(2)19(13)18-9)14(20)17-11-4-3-5-15-7-11;/h6,8,11,15H,3-5,7H2,1-2H3,(H,17,20);1H/t11-;/m0./s1. The molecule has 3 rings (SSSR count). The summed E-state index contributed by atoms with van der Waals surface area (Å²) in [4.78, 5) is 16.7. The van der Waals surface area contributed by atoms with Crippen molar-refractivity contribution in [2.24, 2.45) is 0 Å². The fourth-order valence-electron chi connectivity index (χ4n) is 2.62. The second-order valence-corrected chi connectivity index (χ2v) is 5.33. The third kappa shape index (κ3) is 3.16. The first-order valence-electron chi connectivity index (χ1n) is 6.99. The van der Waals surface area contributed by atoms with Gasteiger partial charge < -0.3 is 10.6 Å². The Kier molecular flexibility index (Phi) is 4.80. The molecule has 3 heterocycles. The van der Waals surface area contributed by atoms with Gasteiger partial charge in [0.15, 0.2) is 5.65 Å². The molecule has 2 aromatic heterocycles. The first-order valence-corrected chi connectivity index (χ1v) is 6.99. The quantitative estimate of drug-likeness (QED) is 0.876. The lowest BCUT2D eigenvalue weighted by Crippen LogP contribution is -2.45. The minimum atomic E-state index is -0.0706. The highest BCUT2D eigenvalue weighted by Crippen LogP contribution is 2.12.